The van der Waals surface area contributed by atoms with Crippen LogP contribution < -0.4 is 5.32 Å². The first kappa shape index (κ1) is 17.9. The van der Waals surface area contributed by atoms with E-state index in [1.165, 1.54) is 25.7 Å². The molecule has 0 saturated heterocycles. The lowest BCUT2D eigenvalue weighted by Gasteiger charge is -2.41. The molecule has 0 aromatic heterocycles. The summed E-state index contributed by atoms with van der Waals surface area (Å²) in [5, 5.41) is 3.56. The first-order chi connectivity index (χ1) is 9.46. The topological polar surface area (TPSA) is 24.5 Å². The lowest BCUT2D eigenvalue weighted by Crippen LogP contribution is -2.46. The maximum Gasteiger partial charge on any atom is 0.0477 e. The zero-order valence-electron chi connectivity index (χ0n) is 14.4. The highest BCUT2D eigenvalue weighted by molar-refractivity contribution is 4.84. The number of ether oxygens (including phenoxy) is 1. The lowest BCUT2D eigenvalue weighted by atomic mass is 9.75. The highest BCUT2D eigenvalue weighted by Gasteiger charge is 2.30. The Morgan fingerprint density at radius 3 is 2.55 bits per heavy atom. The molecule has 1 saturated carbocycles. The van der Waals surface area contributed by atoms with E-state index >= 15 is 0 Å². The quantitative estimate of drug-likeness (QED) is 0.658. The number of hydrogen-bond acceptors (Lipinski definition) is 3. The van der Waals surface area contributed by atoms with Crippen molar-refractivity contribution in [2.24, 2.45) is 5.41 Å². The van der Waals surface area contributed by atoms with E-state index in [4.69, 9.17) is 4.74 Å². The van der Waals surface area contributed by atoms with Crippen molar-refractivity contribution in [3.05, 3.63) is 0 Å². The van der Waals surface area contributed by atoms with Crippen LogP contribution >= 0.6 is 0 Å². The molecule has 120 valence electrons. The molecule has 0 aromatic carbocycles. The van der Waals surface area contributed by atoms with Crippen LogP contribution in [0.25, 0.3) is 0 Å². The van der Waals surface area contributed by atoms with E-state index in [0.29, 0.717) is 11.5 Å². The summed E-state index contributed by atoms with van der Waals surface area (Å²) >= 11 is 0. The first-order valence-corrected chi connectivity index (χ1v) is 8.46. The van der Waals surface area contributed by atoms with Crippen molar-refractivity contribution in [1.82, 2.24) is 10.2 Å². The van der Waals surface area contributed by atoms with Crippen LogP contribution in [0.4, 0.5) is 0 Å². The fraction of sp³-hybridized carbons (Fsp3) is 1.00. The van der Waals surface area contributed by atoms with Gasteiger partial charge in [-0.25, -0.2) is 0 Å². The summed E-state index contributed by atoms with van der Waals surface area (Å²) in [5.74, 6) is 0. The van der Waals surface area contributed by atoms with Crippen LogP contribution in [0.15, 0.2) is 0 Å². The van der Waals surface area contributed by atoms with Crippen LogP contribution in [-0.4, -0.2) is 50.3 Å². The van der Waals surface area contributed by atoms with Gasteiger partial charge in [-0.05, 0) is 65.0 Å². The molecule has 1 fully saturated rings. The van der Waals surface area contributed by atoms with Crippen molar-refractivity contribution in [1.29, 1.82) is 0 Å². The van der Waals surface area contributed by atoms with E-state index in [1.54, 1.807) is 0 Å². The first-order valence-electron chi connectivity index (χ1n) is 8.46. The van der Waals surface area contributed by atoms with Gasteiger partial charge in [-0.15, -0.1) is 0 Å². The van der Waals surface area contributed by atoms with E-state index in [-0.39, 0.29) is 0 Å². The molecule has 1 aliphatic rings. The van der Waals surface area contributed by atoms with Gasteiger partial charge in [0, 0.05) is 31.8 Å². The normalized spacial score (nSPS) is 21.3. The van der Waals surface area contributed by atoms with Crippen LogP contribution in [0.1, 0.15) is 59.8 Å². The van der Waals surface area contributed by atoms with Gasteiger partial charge < -0.3 is 10.1 Å². The van der Waals surface area contributed by atoms with Crippen molar-refractivity contribution < 1.29 is 4.74 Å². The molecule has 0 amide bonds. The minimum Gasteiger partial charge on any atom is -0.382 e. The third-order valence-electron chi connectivity index (χ3n) is 4.87. The molecule has 1 aliphatic carbocycles. The fourth-order valence-electron chi connectivity index (χ4n) is 3.05. The smallest absolute Gasteiger partial charge is 0.0477 e. The summed E-state index contributed by atoms with van der Waals surface area (Å²) in [5.41, 5.74) is 0.568. The maximum atomic E-state index is 5.35. The molecule has 3 heteroatoms. The largest absolute Gasteiger partial charge is 0.382 e. The van der Waals surface area contributed by atoms with E-state index in [2.05, 4.69) is 45.0 Å². The Kier molecular flexibility index (Phi) is 8.08. The molecule has 0 aromatic rings. The molecule has 3 nitrogen and oxygen atoms in total. The van der Waals surface area contributed by atoms with E-state index in [0.717, 1.165) is 38.8 Å². The minimum absolute atomic E-state index is 0.568. The van der Waals surface area contributed by atoms with Gasteiger partial charge in [-0.3, -0.25) is 4.90 Å². The Morgan fingerprint density at radius 1 is 1.30 bits per heavy atom. The highest BCUT2D eigenvalue weighted by Crippen LogP contribution is 2.36. The molecule has 1 atom stereocenters. The average molecular weight is 284 g/mol. The Labute approximate surface area is 126 Å². The van der Waals surface area contributed by atoms with Gasteiger partial charge in [0.05, 0.1) is 0 Å². The van der Waals surface area contributed by atoms with E-state index in [9.17, 15) is 0 Å². The molecule has 1 rings (SSSR count). The Hall–Kier alpha value is -0.120. The van der Waals surface area contributed by atoms with Gasteiger partial charge in [0.1, 0.15) is 0 Å². The zero-order chi connectivity index (χ0) is 15.0. The lowest BCUT2D eigenvalue weighted by molar-refractivity contribution is 0.0989. The Bertz CT molecular complexity index is 245. The number of hydrogen-bond donors (Lipinski definition) is 1. The van der Waals surface area contributed by atoms with Crippen LogP contribution in [0, 0.1) is 5.41 Å². The molecule has 0 spiro atoms. The third kappa shape index (κ3) is 6.55. The second-order valence-electron chi connectivity index (χ2n) is 7.16. The summed E-state index contributed by atoms with van der Waals surface area (Å²) in [7, 11) is 2.30. The molecular weight excluding hydrogens is 248 g/mol. The van der Waals surface area contributed by atoms with E-state index < -0.39 is 0 Å². The SMILES string of the molecule is CCOCCCNCC(C)N(C)C1CCC(C)(C)CC1. The van der Waals surface area contributed by atoms with Gasteiger partial charge in [0.2, 0.25) is 0 Å². The third-order valence-corrected chi connectivity index (χ3v) is 4.87. The molecule has 20 heavy (non-hydrogen) atoms. The van der Waals surface area contributed by atoms with E-state index in [1.807, 2.05) is 0 Å². The summed E-state index contributed by atoms with van der Waals surface area (Å²) < 4.78 is 5.35. The molecule has 0 heterocycles. The summed E-state index contributed by atoms with van der Waals surface area (Å²) in [6.07, 6.45) is 6.57. The van der Waals surface area contributed by atoms with Gasteiger partial charge in [0.15, 0.2) is 0 Å². The Balaban J connectivity index is 2.14. The number of likely N-dealkylation sites (N-methyl/N-ethyl adjacent to an activating group) is 1. The average Bonchev–Trinajstić information content (AvgIpc) is 2.41. The van der Waals surface area contributed by atoms with Crippen molar-refractivity contribution in [3.8, 4) is 0 Å². The second-order valence-corrected chi connectivity index (χ2v) is 7.16. The predicted octanol–water partition coefficient (Wildman–Crippen LogP) is 3.29. The molecule has 0 radical (unpaired) electrons. The standard InChI is InChI=1S/C17H36N2O/c1-6-20-13-7-12-18-14-15(2)19(5)16-8-10-17(3,4)11-9-16/h15-16,18H,6-14H2,1-5H3. The second kappa shape index (κ2) is 9.01. The molecule has 1 unspecified atom stereocenters. The summed E-state index contributed by atoms with van der Waals surface area (Å²) in [4.78, 5) is 2.59. The Morgan fingerprint density at radius 2 is 1.95 bits per heavy atom. The number of rotatable bonds is 9. The summed E-state index contributed by atoms with van der Waals surface area (Å²) in [6, 6.07) is 1.40. The number of nitrogens with one attached hydrogen (secondary N) is 1. The zero-order valence-corrected chi connectivity index (χ0v) is 14.4. The van der Waals surface area contributed by atoms with Crippen molar-refractivity contribution in [2.45, 2.75) is 71.9 Å². The number of nitrogens with zero attached hydrogens (tertiary/aromatic N) is 1. The summed E-state index contributed by atoms with van der Waals surface area (Å²) in [6.45, 7) is 13.1. The molecular formula is C17H36N2O. The van der Waals surface area contributed by atoms with Crippen molar-refractivity contribution >= 4 is 0 Å². The van der Waals surface area contributed by atoms with Crippen LogP contribution in [0.2, 0.25) is 0 Å². The molecule has 1 N–H and O–H groups in total. The van der Waals surface area contributed by atoms with Crippen LogP contribution in [0.3, 0.4) is 0 Å². The van der Waals surface area contributed by atoms with Crippen LogP contribution in [0.5, 0.6) is 0 Å². The fourth-order valence-corrected chi connectivity index (χ4v) is 3.05. The molecule has 0 aliphatic heterocycles. The monoisotopic (exact) mass is 284 g/mol. The molecule has 0 bridgehead atoms. The van der Waals surface area contributed by atoms with Gasteiger partial charge in [0.25, 0.3) is 0 Å². The van der Waals surface area contributed by atoms with Crippen molar-refractivity contribution in [3.63, 3.8) is 0 Å². The van der Waals surface area contributed by atoms with Gasteiger partial charge in [-0.2, -0.15) is 0 Å². The predicted molar refractivity (Wildman–Crippen MR) is 87.2 cm³/mol. The maximum absolute atomic E-state index is 5.35. The van der Waals surface area contributed by atoms with Gasteiger partial charge >= 0.3 is 0 Å². The van der Waals surface area contributed by atoms with Crippen molar-refractivity contribution in [2.75, 3.05) is 33.4 Å². The highest BCUT2D eigenvalue weighted by atomic mass is 16.5. The minimum atomic E-state index is 0.568. The van der Waals surface area contributed by atoms with Crippen LogP contribution in [-0.2, 0) is 4.74 Å². The van der Waals surface area contributed by atoms with Gasteiger partial charge in [-0.1, -0.05) is 13.8 Å².